The molecule has 13 heavy (non-hydrogen) atoms. The first-order valence-electron chi connectivity index (χ1n) is 3.14. The zero-order valence-electron chi connectivity index (χ0n) is 7.31. The van der Waals surface area contributed by atoms with E-state index in [2.05, 4.69) is 4.98 Å². The van der Waals surface area contributed by atoms with E-state index in [0.717, 1.165) is 0 Å². The maximum absolute atomic E-state index is 10.2. The average Bonchev–Trinajstić information content (AvgIpc) is 1.91. The second kappa shape index (κ2) is 4.92. The normalized spacial score (nSPS) is 10.3. The Balaban J connectivity index is 0.00000144. The van der Waals surface area contributed by atoms with E-state index in [1.54, 1.807) is 23.8 Å². The van der Waals surface area contributed by atoms with E-state index in [1.165, 1.54) is 6.20 Å². The molecule has 1 aromatic heterocycles. The van der Waals surface area contributed by atoms with E-state index in [0.29, 0.717) is 5.56 Å². The molecule has 0 radical (unpaired) electrons. The Bertz CT molecular complexity index is 379. The van der Waals surface area contributed by atoms with Crippen LogP contribution in [0, 0.1) is 6.92 Å². The first-order chi connectivity index (χ1) is 5.49. The molecule has 1 heterocycles. The molecule has 66 valence electrons. The van der Waals surface area contributed by atoms with Crippen molar-refractivity contribution in [3.05, 3.63) is 23.9 Å². The van der Waals surface area contributed by atoms with Gasteiger partial charge in [-0.2, -0.15) is 0 Å². The summed E-state index contributed by atoms with van der Waals surface area (Å²) >= 11 is 0. The fourth-order valence-corrected chi connectivity index (χ4v) is 1.16. The molecular weight excluding hydrogens is 203 g/mol. The zero-order valence-corrected chi connectivity index (χ0v) is 10.1. The van der Waals surface area contributed by atoms with Crippen LogP contribution in [0.3, 0.4) is 0 Å². The predicted octanol–water partition coefficient (Wildman–Crippen LogP) is -2.73. The summed E-state index contributed by atoms with van der Waals surface area (Å²) < 4.78 is 32.5. The standard InChI is InChI=1S/C6H8N2O3S.Na/c1-5-3-2-4-7-6(5)8-12(9,10)11;/h2-4H,1H3,(H,7,8)(H,9,10,11);/q;+1/p-1. The van der Waals surface area contributed by atoms with E-state index in [9.17, 15) is 13.0 Å². The van der Waals surface area contributed by atoms with Crippen molar-refractivity contribution in [2.45, 2.75) is 6.92 Å². The summed E-state index contributed by atoms with van der Waals surface area (Å²) in [7, 11) is -4.46. The Morgan fingerprint density at radius 2 is 2.15 bits per heavy atom. The van der Waals surface area contributed by atoms with Gasteiger partial charge in [-0.1, -0.05) is 6.07 Å². The third kappa shape index (κ3) is 4.58. The van der Waals surface area contributed by atoms with Crippen molar-refractivity contribution >= 4 is 16.1 Å². The average molecular weight is 210 g/mol. The van der Waals surface area contributed by atoms with Gasteiger partial charge < -0.3 is 4.55 Å². The number of anilines is 1. The van der Waals surface area contributed by atoms with Crippen LogP contribution in [0.2, 0.25) is 0 Å². The van der Waals surface area contributed by atoms with Crippen molar-refractivity contribution in [2.24, 2.45) is 0 Å². The first kappa shape index (κ1) is 12.9. The van der Waals surface area contributed by atoms with Crippen LogP contribution in [0.5, 0.6) is 0 Å². The summed E-state index contributed by atoms with van der Waals surface area (Å²) in [4.78, 5) is 3.67. The smallest absolute Gasteiger partial charge is 0.731 e. The van der Waals surface area contributed by atoms with Gasteiger partial charge >= 0.3 is 29.6 Å². The number of nitrogens with zero attached hydrogens (tertiary/aromatic N) is 1. The molecule has 0 unspecified atom stereocenters. The van der Waals surface area contributed by atoms with Crippen LogP contribution in [-0.2, 0) is 10.3 Å². The maximum Gasteiger partial charge on any atom is 1.00 e. The molecule has 0 aliphatic rings. The van der Waals surface area contributed by atoms with E-state index in [-0.39, 0.29) is 35.4 Å². The Labute approximate surface area is 98.7 Å². The van der Waals surface area contributed by atoms with Crippen LogP contribution in [0.4, 0.5) is 5.82 Å². The van der Waals surface area contributed by atoms with Gasteiger partial charge in [0.15, 0.2) is 10.3 Å². The third-order valence-electron chi connectivity index (χ3n) is 1.23. The van der Waals surface area contributed by atoms with Crippen molar-refractivity contribution in [1.82, 2.24) is 4.98 Å². The van der Waals surface area contributed by atoms with Gasteiger partial charge in [-0.05, 0) is 18.6 Å². The van der Waals surface area contributed by atoms with Crippen LogP contribution in [0.15, 0.2) is 18.3 Å². The van der Waals surface area contributed by atoms with Gasteiger partial charge in [0.1, 0.15) is 5.82 Å². The third-order valence-corrected chi connectivity index (χ3v) is 1.67. The van der Waals surface area contributed by atoms with Gasteiger partial charge in [-0.3, -0.25) is 4.72 Å². The zero-order chi connectivity index (χ0) is 9.19. The molecule has 0 amide bonds. The summed E-state index contributed by atoms with van der Waals surface area (Å²) in [6, 6.07) is 3.30. The summed E-state index contributed by atoms with van der Waals surface area (Å²) in [6.07, 6.45) is 1.40. The molecular formula is C6H7N2NaO3S. The second-order valence-corrected chi connectivity index (χ2v) is 3.34. The van der Waals surface area contributed by atoms with Crippen LogP contribution in [0.1, 0.15) is 5.56 Å². The van der Waals surface area contributed by atoms with Crippen molar-refractivity contribution in [2.75, 3.05) is 4.72 Å². The maximum atomic E-state index is 10.2. The SMILES string of the molecule is Cc1cccnc1NS(=O)(=O)[O-].[Na+]. The fourth-order valence-electron chi connectivity index (χ4n) is 0.711. The van der Waals surface area contributed by atoms with E-state index < -0.39 is 10.3 Å². The van der Waals surface area contributed by atoms with Crippen LogP contribution >= 0.6 is 0 Å². The molecule has 0 bridgehead atoms. The number of pyridine rings is 1. The molecule has 1 aromatic rings. The minimum atomic E-state index is -4.46. The Hall–Kier alpha value is -0.140. The van der Waals surface area contributed by atoms with Crippen LogP contribution in [0.25, 0.3) is 0 Å². The molecule has 0 fully saturated rings. The van der Waals surface area contributed by atoms with E-state index >= 15 is 0 Å². The first-order valence-corrected chi connectivity index (χ1v) is 4.55. The molecule has 0 aliphatic carbocycles. The van der Waals surface area contributed by atoms with E-state index in [1.807, 2.05) is 0 Å². The molecule has 0 spiro atoms. The van der Waals surface area contributed by atoms with Gasteiger partial charge in [-0.15, -0.1) is 0 Å². The van der Waals surface area contributed by atoms with Gasteiger partial charge in [0.2, 0.25) is 0 Å². The number of aromatic nitrogens is 1. The topological polar surface area (TPSA) is 82.1 Å². The van der Waals surface area contributed by atoms with Gasteiger partial charge in [0.05, 0.1) is 0 Å². The molecule has 0 aliphatic heterocycles. The van der Waals surface area contributed by atoms with Crippen LogP contribution in [-0.4, -0.2) is 18.0 Å². The van der Waals surface area contributed by atoms with Crippen molar-refractivity contribution in [3.8, 4) is 0 Å². The summed E-state index contributed by atoms with van der Waals surface area (Å²) in [5.41, 5.74) is 0.608. The minimum Gasteiger partial charge on any atom is -0.731 e. The number of aryl methyl sites for hydroxylation is 1. The largest absolute Gasteiger partial charge is 1.00 e. The van der Waals surface area contributed by atoms with E-state index in [4.69, 9.17) is 0 Å². The van der Waals surface area contributed by atoms with Crippen molar-refractivity contribution < 1.29 is 42.5 Å². The molecule has 7 heteroatoms. The minimum absolute atomic E-state index is 0. The molecule has 1 N–H and O–H groups in total. The number of hydrogen-bond donors (Lipinski definition) is 1. The fraction of sp³-hybridized carbons (Fsp3) is 0.167. The predicted molar refractivity (Wildman–Crippen MR) is 42.3 cm³/mol. The van der Waals surface area contributed by atoms with Gasteiger partial charge in [-0.25, -0.2) is 13.4 Å². The molecule has 0 atom stereocenters. The molecule has 0 saturated heterocycles. The summed E-state index contributed by atoms with van der Waals surface area (Å²) in [5, 5.41) is 0. The summed E-state index contributed by atoms with van der Waals surface area (Å²) in [5.74, 6) is 0.0764. The number of hydrogen-bond acceptors (Lipinski definition) is 4. The van der Waals surface area contributed by atoms with Gasteiger partial charge in [0, 0.05) is 6.20 Å². The van der Waals surface area contributed by atoms with Crippen LogP contribution < -0.4 is 34.3 Å². The van der Waals surface area contributed by atoms with Gasteiger partial charge in [0.25, 0.3) is 0 Å². The van der Waals surface area contributed by atoms with Crippen molar-refractivity contribution in [3.63, 3.8) is 0 Å². The monoisotopic (exact) mass is 210 g/mol. The Morgan fingerprint density at radius 3 is 2.62 bits per heavy atom. The Kier molecular flexibility index (Phi) is 4.87. The Morgan fingerprint density at radius 1 is 1.54 bits per heavy atom. The molecule has 0 saturated carbocycles. The number of rotatable bonds is 2. The molecule has 0 aromatic carbocycles. The van der Waals surface area contributed by atoms with Crippen molar-refractivity contribution in [1.29, 1.82) is 0 Å². The second-order valence-electron chi connectivity index (χ2n) is 2.23. The summed E-state index contributed by atoms with van der Waals surface area (Å²) in [6.45, 7) is 1.65. The molecule has 5 nitrogen and oxygen atoms in total. The molecule has 1 rings (SSSR count). The number of nitrogens with one attached hydrogen (secondary N) is 1. The quantitative estimate of drug-likeness (QED) is 0.424.